The third-order valence-corrected chi connectivity index (χ3v) is 5.68. The van der Waals surface area contributed by atoms with Gasteiger partial charge in [0.05, 0.1) is 38.4 Å². The standard InChI is InChI=1S/C27H35NO10/c1-19(26(33)28-22(18-37-27(28)34)17-21-7-4-3-5-8-21)25(38-20(2)30)24(32)11-10-23(31)9-6-13-35-15-16-36-14-12-29/h3-5,7-8,10-11,19,22,25,29H,6,9,12-18H2,1-2H3. The molecule has 3 atom stereocenters. The zero-order valence-electron chi connectivity index (χ0n) is 21.7. The molecule has 38 heavy (non-hydrogen) atoms. The van der Waals surface area contributed by atoms with Crippen LogP contribution in [0.2, 0.25) is 0 Å². The first kappa shape index (κ1) is 30.8. The first-order valence-electron chi connectivity index (χ1n) is 12.5. The van der Waals surface area contributed by atoms with Crippen LogP contribution in [0.3, 0.4) is 0 Å². The molecule has 2 rings (SSSR count). The van der Waals surface area contributed by atoms with Crippen LogP contribution in [0.25, 0.3) is 0 Å². The number of cyclic esters (lactones) is 1. The highest BCUT2D eigenvalue weighted by Crippen LogP contribution is 2.23. The number of nitrogens with zero attached hydrogens (tertiary/aromatic N) is 1. The van der Waals surface area contributed by atoms with Crippen molar-refractivity contribution in [3.05, 3.63) is 48.0 Å². The molecule has 0 spiro atoms. The molecule has 208 valence electrons. The molecule has 0 aliphatic carbocycles. The third-order valence-electron chi connectivity index (χ3n) is 5.68. The van der Waals surface area contributed by atoms with E-state index in [1.165, 1.54) is 6.92 Å². The van der Waals surface area contributed by atoms with Gasteiger partial charge >= 0.3 is 12.1 Å². The number of aliphatic hydroxyl groups is 1. The Kier molecular flexibility index (Phi) is 13.3. The van der Waals surface area contributed by atoms with Crippen molar-refractivity contribution < 1.29 is 48.0 Å². The lowest BCUT2D eigenvalue weighted by Gasteiger charge is -2.26. The smallest absolute Gasteiger partial charge is 0.416 e. The molecule has 3 unspecified atom stereocenters. The minimum absolute atomic E-state index is 0.00612. The number of carbonyl (C=O) groups excluding carboxylic acids is 5. The Morgan fingerprint density at radius 2 is 1.76 bits per heavy atom. The van der Waals surface area contributed by atoms with Crippen molar-refractivity contribution in [2.45, 2.75) is 45.3 Å². The van der Waals surface area contributed by atoms with Gasteiger partial charge in [-0.15, -0.1) is 0 Å². The molecule has 11 nitrogen and oxygen atoms in total. The summed E-state index contributed by atoms with van der Waals surface area (Å²) < 4.78 is 20.6. The minimum atomic E-state index is -1.52. The predicted molar refractivity (Wildman–Crippen MR) is 134 cm³/mol. The van der Waals surface area contributed by atoms with Gasteiger partial charge in [0.2, 0.25) is 5.91 Å². The Balaban J connectivity index is 1.95. The van der Waals surface area contributed by atoms with Gasteiger partial charge in [0.15, 0.2) is 17.7 Å². The molecule has 11 heteroatoms. The number of imide groups is 1. The number of benzene rings is 1. The maximum absolute atomic E-state index is 13.3. The summed E-state index contributed by atoms with van der Waals surface area (Å²) in [5, 5.41) is 8.62. The van der Waals surface area contributed by atoms with Gasteiger partial charge in [-0.05, 0) is 37.5 Å². The molecule has 1 aliphatic heterocycles. The fourth-order valence-corrected chi connectivity index (χ4v) is 3.79. The van der Waals surface area contributed by atoms with Gasteiger partial charge in [0, 0.05) is 20.0 Å². The van der Waals surface area contributed by atoms with E-state index in [-0.39, 0.29) is 32.0 Å². The van der Waals surface area contributed by atoms with Gasteiger partial charge in [-0.1, -0.05) is 30.3 Å². The summed E-state index contributed by atoms with van der Waals surface area (Å²) in [4.78, 5) is 63.3. The average molecular weight is 534 g/mol. The van der Waals surface area contributed by atoms with Crippen LogP contribution >= 0.6 is 0 Å². The van der Waals surface area contributed by atoms with Gasteiger partial charge in [-0.2, -0.15) is 0 Å². The molecular formula is C27H35NO10. The van der Waals surface area contributed by atoms with E-state index in [9.17, 15) is 24.0 Å². The van der Waals surface area contributed by atoms with E-state index in [0.29, 0.717) is 32.7 Å². The van der Waals surface area contributed by atoms with Crippen molar-refractivity contribution >= 4 is 29.5 Å². The van der Waals surface area contributed by atoms with Crippen molar-refractivity contribution in [3.63, 3.8) is 0 Å². The molecule has 0 bridgehead atoms. The number of esters is 1. The number of amides is 2. The number of carbonyl (C=O) groups is 5. The number of hydrogen-bond acceptors (Lipinski definition) is 10. The van der Waals surface area contributed by atoms with Crippen LogP contribution in [0, 0.1) is 5.92 Å². The Labute approximate surface area is 221 Å². The first-order chi connectivity index (χ1) is 18.2. The van der Waals surface area contributed by atoms with Gasteiger partial charge in [-0.3, -0.25) is 19.2 Å². The fourth-order valence-electron chi connectivity index (χ4n) is 3.79. The summed E-state index contributed by atoms with van der Waals surface area (Å²) in [6, 6.07) is 8.68. The van der Waals surface area contributed by atoms with Gasteiger partial charge in [-0.25, -0.2) is 9.69 Å². The van der Waals surface area contributed by atoms with Crippen molar-refractivity contribution in [1.82, 2.24) is 4.90 Å². The van der Waals surface area contributed by atoms with E-state index in [4.69, 9.17) is 24.1 Å². The molecule has 1 heterocycles. The van der Waals surface area contributed by atoms with Crippen LogP contribution < -0.4 is 0 Å². The summed E-state index contributed by atoms with van der Waals surface area (Å²) in [5.74, 6) is -3.79. The lowest BCUT2D eigenvalue weighted by molar-refractivity contribution is -0.158. The van der Waals surface area contributed by atoms with Crippen LogP contribution in [0.1, 0.15) is 32.3 Å². The summed E-state index contributed by atoms with van der Waals surface area (Å²) in [5.41, 5.74) is 0.899. The van der Waals surface area contributed by atoms with E-state index < -0.39 is 41.8 Å². The number of aliphatic hydroxyl groups excluding tert-OH is 1. The third kappa shape index (κ3) is 10.2. The average Bonchev–Trinajstić information content (AvgIpc) is 3.26. The maximum atomic E-state index is 13.3. The van der Waals surface area contributed by atoms with Crippen LogP contribution in [-0.2, 0) is 44.5 Å². The zero-order valence-corrected chi connectivity index (χ0v) is 21.7. The van der Waals surface area contributed by atoms with E-state index in [0.717, 1.165) is 29.5 Å². The van der Waals surface area contributed by atoms with Gasteiger partial charge in [0.25, 0.3) is 0 Å². The Bertz CT molecular complexity index is 977. The second-order valence-corrected chi connectivity index (χ2v) is 8.70. The molecule has 1 aromatic rings. The van der Waals surface area contributed by atoms with Crippen LogP contribution in [0.4, 0.5) is 4.79 Å². The molecule has 0 saturated carbocycles. The van der Waals surface area contributed by atoms with E-state index in [1.807, 2.05) is 30.3 Å². The second kappa shape index (κ2) is 16.4. The summed E-state index contributed by atoms with van der Waals surface area (Å²) in [6.07, 6.45) is 0.608. The van der Waals surface area contributed by atoms with E-state index >= 15 is 0 Å². The highest BCUT2D eigenvalue weighted by molar-refractivity contribution is 6.04. The summed E-state index contributed by atoms with van der Waals surface area (Å²) >= 11 is 0. The lowest BCUT2D eigenvalue weighted by Crippen LogP contribution is -2.48. The molecule has 0 aromatic heterocycles. The maximum Gasteiger partial charge on any atom is 0.416 e. The zero-order chi connectivity index (χ0) is 27.9. The van der Waals surface area contributed by atoms with Crippen molar-refractivity contribution in [3.8, 4) is 0 Å². The molecule has 1 saturated heterocycles. The van der Waals surface area contributed by atoms with Crippen molar-refractivity contribution in [1.29, 1.82) is 0 Å². The van der Waals surface area contributed by atoms with Crippen LogP contribution in [-0.4, -0.2) is 91.3 Å². The van der Waals surface area contributed by atoms with Gasteiger partial charge < -0.3 is 24.1 Å². The number of ketones is 2. The Hall–Kier alpha value is -3.41. The molecule has 1 aliphatic rings. The highest BCUT2D eigenvalue weighted by Gasteiger charge is 2.43. The number of ether oxygens (including phenoxy) is 4. The van der Waals surface area contributed by atoms with E-state index in [1.54, 1.807) is 0 Å². The second-order valence-electron chi connectivity index (χ2n) is 8.70. The first-order valence-corrected chi connectivity index (χ1v) is 12.5. The SMILES string of the molecule is CC(=O)OC(C(=O)C=CC(=O)CCCOCCOCCO)C(C)C(=O)N1C(=O)OCC1Cc1ccccc1. The number of rotatable bonds is 17. The van der Waals surface area contributed by atoms with Crippen LogP contribution in [0.15, 0.2) is 42.5 Å². The minimum Gasteiger partial charge on any atom is -0.453 e. The molecule has 0 radical (unpaired) electrons. The molecule has 2 amide bonds. The molecule has 1 fully saturated rings. The van der Waals surface area contributed by atoms with Crippen molar-refractivity contribution in [2.24, 2.45) is 5.92 Å². The Morgan fingerprint density at radius 1 is 1.08 bits per heavy atom. The summed E-state index contributed by atoms with van der Waals surface area (Å²) in [6.45, 7) is 3.63. The molecular weight excluding hydrogens is 498 g/mol. The van der Waals surface area contributed by atoms with E-state index in [2.05, 4.69) is 0 Å². The molecule has 1 N–H and O–H groups in total. The topological polar surface area (TPSA) is 146 Å². The fraction of sp³-hybridized carbons (Fsp3) is 0.519. The normalized spacial score (nSPS) is 16.8. The molecule has 1 aromatic carbocycles. The largest absolute Gasteiger partial charge is 0.453 e. The predicted octanol–water partition coefficient (Wildman–Crippen LogP) is 1.64. The van der Waals surface area contributed by atoms with Crippen LogP contribution in [0.5, 0.6) is 0 Å². The highest BCUT2D eigenvalue weighted by atomic mass is 16.6. The summed E-state index contributed by atoms with van der Waals surface area (Å²) in [7, 11) is 0. The number of allylic oxidation sites excluding steroid dienone is 1. The van der Waals surface area contributed by atoms with Crippen molar-refractivity contribution in [2.75, 3.05) is 39.6 Å². The number of hydrogen-bond donors (Lipinski definition) is 1. The Morgan fingerprint density at radius 3 is 2.42 bits per heavy atom. The lowest BCUT2D eigenvalue weighted by atomic mass is 9.97. The quantitative estimate of drug-likeness (QED) is 0.178. The van der Waals surface area contributed by atoms with Gasteiger partial charge in [0.1, 0.15) is 6.61 Å². The monoisotopic (exact) mass is 533 g/mol.